The van der Waals surface area contributed by atoms with Crippen molar-refractivity contribution in [2.45, 2.75) is 12.8 Å². The maximum absolute atomic E-state index is 13.0. The molecule has 0 aliphatic heterocycles. The van der Waals surface area contributed by atoms with Crippen LogP contribution < -0.4 is 4.90 Å². The Bertz CT molecular complexity index is 458. The van der Waals surface area contributed by atoms with Crippen LogP contribution in [0.3, 0.4) is 0 Å². The summed E-state index contributed by atoms with van der Waals surface area (Å²) in [6, 6.07) is 3.29. The van der Waals surface area contributed by atoms with Crippen molar-refractivity contribution in [1.29, 1.82) is 0 Å². The zero-order valence-electron chi connectivity index (χ0n) is 9.41. The molecule has 1 fully saturated rings. The number of carbonyl (C=O) groups excluding carboxylic acids is 1. The number of aliphatic hydroxyl groups excluding tert-OH is 1. The van der Waals surface area contributed by atoms with Gasteiger partial charge in [-0.2, -0.15) is 0 Å². The summed E-state index contributed by atoms with van der Waals surface area (Å²) in [5.41, 5.74) is -0.423. The Morgan fingerprint density at radius 3 is 2.53 bits per heavy atom. The third-order valence-corrected chi connectivity index (χ3v) is 3.21. The van der Waals surface area contributed by atoms with Gasteiger partial charge in [0.15, 0.2) is 11.6 Å². The SMILES string of the molecule is CN(C(=O)C1(CO)CC1)c1ccc(F)c(F)c1. The van der Waals surface area contributed by atoms with Gasteiger partial charge in [0.25, 0.3) is 0 Å². The Morgan fingerprint density at radius 1 is 1.41 bits per heavy atom. The molecule has 0 spiro atoms. The molecule has 1 saturated carbocycles. The standard InChI is InChI=1S/C12H13F2NO2/c1-15(11(17)12(7-16)4-5-12)8-2-3-9(13)10(14)6-8/h2-3,6,16H,4-5,7H2,1H3. The first-order valence-corrected chi connectivity index (χ1v) is 5.34. The van der Waals surface area contributed by atoms with Crippen LogP contribution in [0.2, 0.25) is 0 Å². The average molecular weight is 241 g/mol. The zero-order chi connectivity index (χ0) is 12.6. The molecule has 0 aromatic heterocycles. The molecule has 0 bridgehead atoms. The van der Waals surface area contributed by atoms with Gasteiger partial charge in [0.2, 0.25) is 5.91 Å². The first-order valence-electron chi connectivity index (χ1n) is 5.34. The second-order valence-corrected chi connectivity index (χ2v) is 4.40. The molecule has 92 valence electrons. The zero-order valence-corrected chi connectivity index (χ0v) is 9.41. The molecule has 1 aliphatic rings. The molecule has 1 N–H and O–H groups in total. The Balaban J connectivity index is 2.22. The van der Waals surface area contributed by atoms with E-state index in [1.807, 2.05) is 0 Å². The number of hydrogen-bond acceptors (Lipinski definition) is 2. The predicted octanol–water partition coefficient (Wildman–Crippen LogP) is 1.70. The molecule has 1 aromatic rings. The first kappa shape index (κ1) is 12.0. The van der Waals surface area contributed by atoms with E-state index in [-0.39, 0.29) is 18.2 Å². The first-order chi connectivity index (χ1) is 8.00. The van der Waals surface area contributed by atoms with Crippen molar-refractivity contribution in [2.24, 2.45) is 5.41 Å². The van der Waals surface area contributed by atoms with Crippen LogP contribution in [0, 0.1) is 17.0 Å². The van der Waals surface area contributed by atoms with Crippen molar-refractivity contribution < 1.29 is 18.7 Å². The van der Waals surface area contributed by atoms with Gasteiger partial charge < -0.3 is 10.0 Å². The average Bonchev–Trinajstić information content (AvgIpc) is 3.12. The van der Waals surface area contributed by atoms with Crippen LogP contribution >= 0.6 is 0 Å². The van der Waals surface area contributed by atoms with E-state index in [0.29, 0.717) is 12.8 Å². The van der Waals surface area contributed by atoms with Crippen molar-refractivity contribution >= 4 is 11.6 Å². The van der Waals surface area contributed by atoms with E-state index in [0.717, 1.165) is 12.1 Å². The van der Waals surface area contributed by atoms with Gasteiger partial charge in [-0.3, -0.25) is 4.79 Å². The molecule has 5 heteroatoms. The highest BCUT2D eigenvalue weighted by Crippen LogP contribution is 2.47. The number of hydrogen-bond donors (Lipinski definition) is 1. The highest BCUT2D eigenvalue weighted by atomic mass is 19.2. The summed E-state index contributed by atoms with van der Waals surface area (Å²) in [4.78, 5) is 13.3. The van der Waals surface area contributed by atoms with Gasteiger partial charge in [0.05, 0.1) is 12.0 Å². The van der Waals surface area contributed by atoms with Crippen molar-refractivity contribution in [3.05, 3.63) is 29.8 Å². The highest BCUT2D eigenvalue weighted by molar-refractivity contribution is 5.98. The summed E-state index contributed by atoms with van der Waals surface area (Å²) in [6.07, 6.45) is 1.27. The summed E-state index contributed by atoms with van der Waals surface area (Å²) >= 11 is 0. The third kappa shape index (κ3) is 2.02. The van der Waals surface area contributed by atoms with Crippen molar-refractivity contribution in [2.75, 3.05) is 18.6 Å². The minimum absolute atomic E-state index is 0.208. The van der Waals surface area contributed by atoms with Crippen LogP contribution in [-0.4, -0.2) is 24.7 Å². The molecular formula is C12H13F2NO2. The van der Waals surface area contributed by atoms with Gasteiger partial charge in [0.1, 0.15) is 0 Å². The molecule has 1 aromatic carbocycles. The fraction of sp³-hybridized carbons (Fsp3) is 0.417. The van der Waals surface area contributed by atoms with Crippen molar-refractivity contribution in [3.8, 4) is 0 Å². The van der Waals surface area contributed by atoms with E-state index in [1.165, 1.54) is 18.0 Å². The van der Waals surface area contributed by atoms with E-state index in [2.05, 4.69) is 0 Å². The van der Waals surface area contributed by atoms with Gasteiger partial charge in [-0.25, -0.2) is 8.78 Å². The molecular weight excluding hydrogens is 228 g/mol. The highest BCUT2D eigenvalue weighted by Gasteiger charge is 2.50. The van der Waals surface area contributed by atoms with Crippen LogP contribution in [0.4, 0.5) is 14.5 Å². The van der Waals surface area contributed by atoms with Gasteiger partial charge in [-0.15, -0.1) is 0 Å². The van der Waals surface area contributed by atoms with Crippen molar-refractivity contribution in [1.82, 2.24) is 0 Å². The minimum atomic E-state index is -0.990. The molecule has 0 radical (unpaired) electrons. The van der Waals surface area contributed by atoms with E-state index in [4.69, 9.17) is 5.11 Å². The normalized spacial score (nSPS) is 16.7. The monoisotopic (exact) mass is 241 g/mol. The van der Waals surface area contributed by atoms with Crippen LogP contribution in [0.15, 0.2) is 18.2 Å². The van der Waals surface area contributed by atoms with E-state index in [1.54, 1.807) is 0 Å². The van der Waals surface area contributed by atoms with E-state index >= 15 is 0 Å². The van der Waals surface area contributed by atoms with Gasteiger partial charge in [-0.05, 0) is 25.0 Å². The molecule has 0 heterocycles. The number of halogens is 2. The predicted molar refractivity (Wildman–Crippen MR) is 58.5 cm³/mol. The minimum Gasteiger partial charge on any atom is -0.395 e. The maximum Gasteiger partial charge on any atom is 0.235 e. The number of anilines is 1. The second kappa shape index (κ2) is 4.07. The summed E-state index contributed by atoms with van der Waals surface area (Å²) in [7, 11) is 1.49. The van der Waals surface area contributed by atoms with Crippen LogP contribution in [0.5, 0.6) is 0 Å². The molecule has 0 unspecified atom stereocenters. The van der Waals surface area contributed by atoms with Crippen LogP contribution in [-0.2, 0) is 4.79 Å². The lowest BCUT2D eigenvalue weighted by molar-refractivity contribution is -0.124. The number of aliphatic hydroxyl groups is 1. The van der Waals surface area contributed by atoms with Gasteiger partial charge >= 0.3 is 0 Å². The lowest BCUT2D eigenvalue weighted by Gasteiger charge is -2.22. The summed E-state index contributed by atoms with van der Waals surface area (Å²) in [5, 5.41) is 9.14. The number of nitrogens with zero attached hydrogens (tertiary/aromatic N) is 1. The van der Waals surface area contributed by atoms with E-state index in [9.17, 15) is 13.6 Å². The van der Waals surface area contributed by atoms with E-state index < -0.39 is 17.0 Å². The maximum atomic E-state index is 13.0. The van der Waals surface area contributed by atoms with Gasteiger partial charge in [-0.1, -0.05) is 0 Å². The Kier molecular flexibility index (Phi) is 2.87. The van der Waals surface area contributed by atoms with Crippen LogP contribution in [0.25, 0.3) is 0 Å². The third-order valence-electron chi connectivity index (χ3n) is 3.21. The number of benzene rings is 1. The molecule has 1 amide bonds. The fourth-order valence-electron chi connectivity index (χ4n) is 1.76. The molecule has 1 aliphatic carbocycles. The number of carbonyl (C=O) groups is 1. The molecule has 0 saturated heterocycles. The lowest BCUT2D eigenvalue weighted by atomic mass is 10.1. The molecule has 2 rings (SSSR count). The quantitative estimate of drug-likeness (QED) is 0.875. The lowest BCUT2D eigenvalue weighted by Crippen LogP contribution is -2.36. The molecule has 17 heavy (non-hydrogen) atoms. The Hall–Kier alpha value is -1.49. The van der Waals surface area contributed by atoms with Crippen molar-refractivity contribution in [3.63, 3.8) is 0 Å². The summed E-state index contributed by atoms with van der Waals surface area (Å²) < 4.78 is 25.8. The van der Waals surface area contributed by atoms with Crippen LogP contribution in [0.1, 0.15) is 12.8 Å². The molecule has 0 atom stereocenters. The van der Waals surface area contributed by atoms with Gasteiger partial charge in [0, 0.05) is 18.8 Å². The Labute approximate surface area is 97.7 Å². The number of rotatable bonds is 3. The fourth-order valence-corrected chi connectivity index (χ4v) is 1.76. The largest absolute Gasteiger partial charge is 0.395 e. The second-order valence-electron chi connectivity index (χ2n) is 4.40. The summed E-state index contributed by atoms with van der Waals surface area (Å²) in [6.45, 7) is -0.208. The molecule has 3 nitrogen and oxygen atoms in total. The Morgan fingerprint density at radius 2 is 2.06 bits per heavy atom. The smallest absolute Gasteiger partial charge is 0.235 e. The summed E-state index contributed by atoms with van der Waals surface area (Å²) in [5.74, 6) is -2.19. The topological polar surface area (TPSA) is 40.5 Å². The number of amides is 1.